The van der Waals surface area contributed by atoms with Crippen LogP contribution in [-0.4, -0.2) is 16.6 Å². The number of rotatable bonds is 7. The maximum atomic E-state index is 10.6. The molecule has 0 spiro atoms. The van der Waals surface area contributed by atoms with E-state index in [1.54, 1.807) is 6.07 Å². The molecule has 1 aromatic carbocycles. The normalized spacial score (nSPS) is 10.7. The molecular formula is C13H19NO4. The largest absolute Gasteiger partial charge is 0.493 e. The van der Waals surface area contributed by atoms with Crippen molar-refractivity contribution < 1.29 is 14.8 Å². The molecule has 0 aliphatic heterocycles. The molecule has 0 amide bonds. The van der Waals surface area contributed by atoms with Crippen molar-refractivity contribution in [1.82, 2.24) is 0 Å². The van der Waals surface area contributed by atoms with E-state index in [-0.39, 0.29) is 12.3 Å². The fourth-order valence-electron chi connectivity index (χ4n) is 1.68. The first-order valence-corrected chi connectivity index (χ1v) is 6.13. The molecule has 0 atom stereocenters. The van der Waals surface area contributed by atoms with Crippen molar-refractivity contribution in [2.75, 3.05) is 6.61 Å². The lowest BCUT2D eigenvalue weighted by atomic mass is 10.1. The molecule has 18 heavy (non-hydrogen) atoms. The highest BCUT2D eigenvalue weighted by molar-refractivity contribution is 5.43. The van der Waals surface area contributed by atoms with E-state index in [0.29, 0.717) is 23.8 Å². The van der Waals surface area contributed by atoms with Crippen molar-refractivity contribution in [1.29, 1.82) is 0 Å². The summed E-state index contributed by atoms with van der Waals surface area (Å²) in [6.45, 7) is 4.50. The first-order valence-electron chi connectivity index (χ1n) is 6.13. The number of hydrogen-bond acceptors (Lipinski definition) is 4. The van der Waals surface area contributed by atoms with Gasteiger partial charge in [0.05, 0.1) is 18.1 Å². The minimum absolute atomic E-state index is 0.0334. The minimum atomic E-state index is -0.482. The molecule has 5 nitrogen and oxygen atoms in total. The summed E-state index contributed by atoms with van der Waals surface area (Å²) in [5.74, 6) is 0.988. The van der Waals surface area contributed by atoms with Crippen LogP contribution in [0, 0.1) is 16.0 Å². The predicted octanol–water partition coefficient (Wildman–Crippen LogP) is 2.90. The smallest absolute Gasteiger partial charge is 0.270 e. The van der Waals surface area contributed by atoms with E-state index in [4.69, 9.17) is 4.74 Å². The highest BCUT2D eigenvalue weighted by Gasteiger charge is 2.12. The fourth-order valence-corrected chi connectivity index (χ4v) is 1.68. The lowest BCUT2D eigenvalue weighted by Crippen LogP contribution is -2.11. The van der Waals surface area contributed by atoms with Crippen molar-refractivity contribution in [3.05, 3.63) is 33.9 Å². The van der Waals surface area contributed by atoms with Crippen LogP contribution in [-0.2, 0) is 6.61 Å². The van der Waals surface area contributed by atoms with Crippen LogP contribution in [0.2, 0.25) is 0 Å². The Balaban J connectivity index is 2.79. The number of aliphatic hydroxyl groups excluding tert-OH is 1. The van der Waals surface area contributed by atoms with Gasteiger partial charge in [-0.3, -0.25) is 10.1 Å². The van der Waals surface area contributed by atoms with Crippen LogP contribution in [0.25, 0.3) is 0 Å². The van der Waals surface area contributed by atoms with Crippen molar-refractivity contribution in [3.8, 4) is 5.75 Å². The first kappa shape index (κ1) is 14.4. The predicted molar refractivity (Wildman–Crippen MR) is 68.6 cm³/mol. The Morgan fingerprint density at radius 3 is 2.56 bits per heavy atom. The standard InChI is InChI=1S/C13H19NO4/c1-3-10(4-2)9-18-13-6-5-12(14(16)17)7-11(13)8-15/h5-7,10,15H,3-4,8-9H2,1-2H3. The van der Waals surface area contributed by atoms with E-state index in [2.05, 4.69) is 13.8 Å². The molecule has 100 valence electrons. The van der Waals surface area contributed by atoms with Crippen LogP contribution >= 0.6 is 0 Å². The van der Waals surface area contributed by atoms with Crippen molar-refractivity contribution in [2.24, 2.45) is 5.92 Å². The first-order chi connectivity index (χ1) is 8.62. The molecule has 0 saturated heterocycles. The van der Waals surface area contributed by atoms with Crippen LogP contribution in [0.4, 0.5) is 5.69 Å². The Labute approximate surface area is 107 Å². The highest BCUT2D eigenvalue weighted by atomic mass is 16.6. The second kappa shape index (κ2) is 6.96. The molecular weight excluding hydrogens is 234 g/mol. The molecule has 5 heteroatoms. The maximum Gasteiger partial charge on any atom is 0.270 e. The Kier molecular flexibility index (Phi) is 5.58. The summed E-state index contributed by atoms with van der Waals surface area (Å²) >= 11 is 0. The third kappa shape index (κ3) is 3.70. The van der Waals surface area contributed by atoms with Gasteiger partial charge in [0, 0.05) is 17.7 Å². The number of nitro groups is 1. The van der Waals surface area contributed by atoms with Gasteiger partial charge in [0.2, 0.25) is 0 Å². The summed E-state index contributed by atoms with van der Waals surface area (Å²) in [6, 6.07) is 4.29. The lowest BCUT2D eigenvalue weighted by Gasteiger charge is -2.15. The molecule has 0 saturated carbocycles. The molecule has 1 N–H and O–H groups in total. The van der Waals surface area contributed by atoms with Crippen molar-refractivity contribution in [2.45, 2.75) is 33.3 Å². The van der Waals surface area contributed by atoms with Gasteiger partial charge in [0.15, 0.2) is 0 Å². The van der Waals surface area contributed by atoms with Gasteiger partial charge in [-0.15, -0.1) is 0 Å². The second-order valence-corrected chi connectivity index (χ2v) is 4.20. The Bertz CT molecular complexity index is 402. The van der Waals surface area contributed by atoms with Gasteiger partial charge >= 0.3 is 0 Å². The molecule has 1 rings (SSSR count). The molecule has 0 radical (unpaired) electrons. The van der Waals surface area contributed by atoms with Gasteiger partial charge in [-0.05, 0) is 12.0 Å². The monoisotopic (exact) mass is 253 g/mol. The molecule has 0 aliphatic rings. The topological polar surface area (TPSA) is 72.6 Å². The van der Waals surface area contributed by atoms with Gasteiger partial charge in [-0.1, -0.05) is 26.7 Å². The van der Waals surface area contributed by atoms with E-state index >= 15 is 0 Å². The van der Waals surface area contributed by atoms with Gasteiger partial charge in [0.25, 0.3) is 5.69 Å². The van der Waals surface area contributed by atoms with E-state index < -0.39 is 4.92 Å². The highest BCUT2D eigenvalue weighted by Crippen LogP contribution is 2.25. The maximum absolute atomic E-state index is 10.6. The van der Waals surface area contributed by atoms with Gasteiger partial charge < -0.3 is 9.84 Å². The third-order valence-corrected chi connectivity index (χ3v) is 3.05. The SMILES string of the molecule is CCC(CC)COc1ccc([N+](=O)[O-])cc1CO. The molecule has 0 aromatic heterocycles. The summed E-state index contributed by atoms with van der Waals surface area (Å²) in [7, 11) is 0. The van der Waals surface area contributed by atoms with E-state index in [1.807, 2.05) is 0 Å². The fraction of sp³-hybridized carbons (Fsp3) is 0.538. The summed E-state index contributed by atoms with van der Waals surface area (Å²) in [5.41, 5.74) is 0.420. The average molecular weight is 253 g/mol. The molecule has 0 heterocycles. The number of benzene rings is 1. The summed E-state index contributed by atoms with van der Waals surface area (Å²) in [6.07, 6.45) is 2.05. The number of nitro benzene ring substituents is 1. The second-order valence-electron chi connectivity index (χ2n) is 4.20. The number of ether oxygens (including phenoxy) is 1. The minimum Gasteiger partial charge on any atom is -0.493 e. The van der Waals surface area contributed by atoms with E-state index in [1.165, 1.54) is 12.1 Å². The molecule has 1 aromatic rings. The molecule has 0 aliphatic carbocycles. The van der Waals surface area contributed by atoms with Gasteiger partial charge in [0.1, 0.15) is 5.75 Å². The van der Waals surface area contributed by atoms with Gasteiger partial charge in [-0.2, -0.15) is 0 Å². The lowest BCUT2D eigenvalue weighted by molar-refractivity contribution is -0.385. The number of nitrogens with zero attached hydrogens (tertiary/aromatic N) is 1. The molecule has 0 unspecified atom stereocenters. The molecule has 0 fully saturated rings. The quantitative estimate of drug-likeness (QED) is 0.599. The van der Waals surface area contributed by atoms with Crippen LogP contribution in [0.5, 0.6) is 5.75 Å². The zero-order valence-corrected chi connectivity index (χ0v) is 10.8. The number of aliphatic hydroxyl groups is 1. The van der Waals surface area contributed by atoms with Crippen molar-refractivity contribution in [3.63, 3.8) is 0 Å². The Hall–Kier alpha value is -1.62. The zero-order chi connectivity index (χ0) is 13.5. The number of hydrogen-bond donors (Lipinski definition) is 1. The van der Waals surface area contributed by atoms with Crippen LogP contribution < -0.4 is 4.74 Å². The van der Waals surface area contributed by atoms with Gasteiger partial charge in [-0.25, -0.2) is 0 Å². The third-order valence-electron chi connectivity index (χ3n) is 3.05. The summed E-state index contributed by atoms with van der Waals surface area (Å²) in [4.78, 5) is 10.1. The Morgan fingerprint density at radius 1 is 1.39 bits per heavy atom. The molecule has 0 bridgehead atoms. The van der Waals surface area contributed by atoms with Crippen LogP contribution in [0.1, 0.15) is 32.3 Å². The summed E-state index contributed by atoms with van der Waals surface area (Å²) < 4.78 is 5.62. The average Bonchev–Trinajstić information content (AvgIpc) is 2.39. The Morgan fingerprint density at radius 2 is 2.06 bits per heavy atom. The van der Waals surface area contributed by atoms with Crippen molar-refractivity contribution >= 4 is 5.69 Å². The van der Waals surface area contributed by atoms with E-state index in [0.717, 1.165) is 12.8 Å². The van der Waals surface area contributed by atoms with Crippen LogP contribution in [0.3, 0.4) is 0 Å². The van der Waals surface area contributed by atoms with Crippen LogP contribution in [0.15, 0.2) is 18.2 Å². The zero-order valence-electron chi connectivity index (χ0n) is 10.8. The summed E-state index contributed by atoms with van der Waals surface area (Å²) in [5, 5.41) is 19.8. The van der Waals surface area contributed by atoms with E-state index in [9.17, 15) is 15.2 Å². The number of non-ortho nitro benzene ring substituents is 1.